The first-order chi connectivity index (χ1) is 19.3. The van der Waals surface area contributed by atoms with E-state index in [1.165, 1.54) is 0 Å². The Kier molecular flexibility index (Phi) is 8.54. The number of carbonyl (C=O) groups excluding carboxylic acids is 2. The number of carbonyl (C=O) groups is 2. The number of amides is 2. The lowest BCUT2D eigenvalue weighted by atomic mass is 9.88. The van der Waals surface area contributed by atoms with Crippen LogP contribution in [0.4, 0.5) is 13.2 Å². The number of alkyl halides is 3. The van der Waals surface area contributed by atoms with Gasteiger partial charge in [0.15, 0.2) is 0 Å². The van der Waals surface area contributed by atoms with Crippen molar-refractivity contribution in [2.24, 2.45) is 0 Å². The van der Waals surface area contributed by atoms with Gasteiger partial charge in [0.1, 0.15) is 6.54 Å². The van der Waals surface area contributed by atoms with Crippen LogP contribution in [0.2, 0.25) is 0 Å². The first-order valence-electron chi connectivity index (χ1n) is 14.0. The van der Waals surface area contributed by atoms with Crippen LogP contribution < -0.4 is 10.6 Å². The van der Waals surface area contributed by atoms with Gasteiger partial charge in [-0.2, -0.15) is 13.2 Å². The highest BCUT2D eigenvalue weighted by molar-refractivity contribution is 5.99. The molecule has 3 aromatic carbocycles. The molecule has 0 spiro atoms. The topological polar surface area (TPSA) is 61.4 Å². The van der Waals surface area contributed by atoms with Crippen molar-refractivity contribution < 1.29 is 22.8 Å². The summed E-state index contributed by atoms with van der Waals surface area (Å²) in [4.78, 5) is 27.7. The fourth-order valence-electron chi connectivity index (χ4n) is 5.99. The summed E-state index contributed by atoms with van der Waals surface area (Å²) in [6.07, 6.45) is 0.102. The van der Waals surface area contributed by atoms with Crippen LogP contribution in [0, 0.1) is 0 Å². The first kappa shape index (κ1) is 27.9. The summed E-state index contributed by atoms with van der Waals surface area (Å²) in [5.41, 5.74) is 4.94. The van der Waals surface area contributed by atoms with Crippen molar-refractivity contribution >= 4 is 11.8 Å². The molecule has 2 amide bonds. The summed E-state index contributed by atoms with van der Waals surface area (Å²) in [7, 11) is 0. The molecule has 1 atom stereocenters. The maximum absolute atomic E-state index is 12.8. The number of unbranched alkanes of at least 4 members (excludes halogenated alkanes) is 1. The molecule has 210 valence electrons. The van der Waals surface area contributed by atoms with Gasteiger partial charge < -0.3 is 15.5 Å². The number of hydrogen-bond donors (Lipinski definition) is 2. The number of nitrogens with one attached hydrogen (secondary N) is 2. The Morgan fingerprint density at radius 1 is 0.825 bits per heavy atom. The highest BCUT2D eigenvalue weighted by atomic mass is 19.4. The second kappa shape index (κ2) is 12.3. The highest BCUT2D eigenvalue weighted by Gasteiger charge is 2.33. The summed E-state index contributed by atoms with van der Waals surface area (Å²) >= 11 is 0. The minimum Gasteiger partial charge on any atom is -0.349 e. The van der Waals surface area contributed by atoms with E-state index in [-0.39, 0.29) is 17.9 Å². The Labute approximate surface area is 232 Å². The number of rotatable bonds is 9. The predicted octanol–water partition coefficient (Wildman–Crippen LogP) is 6.16. The third-order valence-corrected chi connectivity index (χ3v) is 7.95. The summed E-state index contributed by atoms with van der Waals surface area (Å²) < 4.78 is 38.3. The van der Waals surface area contributed by atoms with Crippen molar-refractivity contribution in [3.05, 3.63) is 95.1 Å². The van der Waals surface area contributed by atoms with Crippen LogP contribution in [0.1, 0.15) is 69.9 Å². The van der Waals surface area contributed by atoms with E-state index in [0.29, 0.717) is 11.1 Å². The maximum atomic E-state index is 12.8. The fourth-order valence-corrected chi connectivity index (χ4v) is 5.99. The van der Waals surface area contributed by atoms with Gasteiger partial charge in [-0.1, -0.05) is 61.0 Å². The molecule has 3 aromatic rings. The number of hydrogen-bond acceptors (Lipinski definition) is 3. The zero-order valence-corrected chi connectivity index (χ0v) is 22.3. The molecule has 1 aliphatic heterocycles. The third kappa shape index (κ3) is 6.55. The van der Waals surface area contributed by atoms with Gasteiger partial charge in [-0.15, -0.1) is 0 Å². The lowest BCUT2D eigenvalue weighted by Gasteiger charge is -2.32. The molecule has 2 aliphatic rings. The van der Waals surface area contributed by atoms with Crippen LogP contribution >= 0.6 is 0 Å². The molecule has 0 bridgehead atoms. The lowest BCUT2D eigenvalue weighted by molar-refractivity contribution is -0.123. The van der Waals surface area contributed by atoms with Crippen molar-refractivity contribution in [3.63, 3.8) is 0 Å². The van der Waals surface area contributed by atoms with E-state index >= 15 is 0 Å². The molecule has 8 heteroatoms. The zero-order chi connectivity index (χ0) is 28.1. The molecule has 2 N–H and O–H groups in total. The molecule has 0 radical (unpaired) electrons. The van der Waals surface area contributed by atoms with Crippen LogP contribution in [-0.4, -0.2) is 55.1 Å². The van der Waals surface area contributed by atoms with Crippen LogP contribution in [0.15, 0.2) is 72.8 Å². The molecule has 1 fully saturated rings. The predicted molar refractivity (Wildman–Crippen MR) is 149 cm³/mol. The van der Waals surface area contributed by atoms with E-state index in [1.807, 2.05) is 54.6 Å². The van der Waals surface area contributed by atoms with Gasteiger partial charge in [0, 0.05) is 36.2 Å². The molecule has 1 aliphatic carbocycles. The Hall–Kier alpha value is -3.65. The second-order valence-corrected chi connectivity index (χ2v) is 10.7. The monoisotopic (exact) mass is 549 g/mol. The number of benzene rings is 3. The molecular weight excluding hydrogens is 515 g/mol. The van der Waals surface area contributed by atoms with Crippen LogP contribution in [0.3, 0.4) is 0 Å². The normalized spacial score (nSPS) is 17.2. The number of fused-ring (bicyclic) bond motifs is 3. The van der Waals surface area contributed by atoms with Crippen LogP contribution in [0.5, 0.6) is 0 Å². The molecule has 5 rings (SSSR count). The Morgan fingerprint density at radius 3 is 2.27 bits per heavy atom. The standard InChI is InChI=1S/C32H34F3N3O2/c33-32(34,35)21-36-31(40)28-15-8-14-27-25-12-5-4-11-24(25)26(29(27)28)13-6-7-18-38-19-16-23(17-20-38)37-30(39)22-9-2-1-3-10-22/h1-5,8-12,14-15,23,26H,6-7,13,16-21H2,(H,36,40)(H,37,39). The minimum atomic E-state index is -4.46. The van der Waals surface area contributed by atoms with Gasteiger partial charge in [0.2, 0.25) is 0 Å². The van der Waals surface area contributed by atoms with Crippen LogP contribution in [0.25, 0.3) is 11.1 Å². The van der Waals surface area contributed by atoms with Crippen molar-refractivity contribution in [2.45, 2.75) is 50.2 Å². The fraction of sp³-hybridized carbons (Fsp3) is 0.375. The van der Waals surface area contributed by atoms with Gasteiger partial charge in [-0.05, 0) is 72.7 Å². The van der Waals surface area contributed by atoms with Gasteiger partial charge in [0.25, 0.3) is 11.8 Å². The average Bonchev–Trinajstić information content (AvgIpc) is 3.28. The SMILES string of the molecule is O=C(NC1CCN(CCCCC2c3ccccc3-c3cccc(C(=O)NCC(F)(F)F)c32)CC1)c1ccccc1. The molecule has 5 nitrogen and oxygen atoms in total. The van der Waals surface area contributed by atoms with Gasteiger partial charge >= 0.3 is 6.18 Å². The molecular formula is C32H34F3N3O2. The molecule has 1 heterocycles. The van der Waals surface area contributed by atoms with Crippen molar-refractivity contribution in [3.8, 4) is 11.1 Å². The summed E-state index contributed by atoms with van der Waals surface area (Å²) in [6, 6.07) is 22.8. The number of piperidine rings is 1. The quantitative estimate of drug-likeness (QED) is 0.315. The van der Waals surface area contributed by atoms with Gasteiger partial charge in [0.05, 0.1) is 0 Å². The molecule has 0 saturated carbocycles. The van der Waals surface area contributed by atoms with Gasteiger partial charge in [-0.3, -0.25) is 9.59 Å². The molecule has 40 heavy (non-hydrogen) atoms. The molecule has 0 aromatic heterocycles. The number of nitrogens with zero attached hydrogens (tertiary/aromatic N) is 1. The zero-order valence-electron chi connectivity index (χ0n) is 22.3. The largest absolute Gasteiger partial charge is 0.405 e. The molecule has 1 unspecified atom stereocenters. The minimum absolute atomic E-state index is 0.0253. The van der Waals surface area contributed by atoms with E-state index in [4.69, 9.17) is 0 Å². The third-order valence-electron chi connectivity index (χ3n) is 7.95. The van der Waals surface area contributed by atoms with Crippen LogP contribution in [-0.2, 0) is 0 Å². The summed E-state index contributed by atoms with van der Waals surface area (Å²) in [6.45, 7) is 1.46. The summed E-state index contributed by atoms with van der Waals surface area (Å²) in [5.74, 6) is -0.741. The first-order valence-corrected chi connectivity index (χ1v) is 14.0. The Balaban J connectivity index is 1.16. The van der Waals surface area contributed by atoms with E-state index < -0.39 is 18.6 Å². The average molecular weight is 550 g/mol. The highest BCUT2D eigenvalue weighted by Crippen LogP contribution is 2.48. The number of likely N-dealkylation sites (tertiary alicyclic amines) is 1. The van der Waals surface area contributed by atoms with E-state index in [1.54, 1.807) is 12.1 Å². The summed E-state index contributed by atoms with van der Waals surface area (Å²) in [5, 5.41) is 5.20. The number of halogens is 3. The van der Waals surface area contributed by atoms with E-state index in [0.717, 1.165) is 74.0 Å². The van der Waals surface area contributed by atoms with E-state index in [9.17, 15) is 22.8 Å². The van der Waals surface area contributed by atoms with E-state index in [2.05, 4.69) is 21.6 Å². The maximum Gasteiger partial charge on any atom is 0.405 e. The molecule has 1 saturated heterocycles. The Bertz CT molecular complexity index is 1330. The second-order valence-electron chi connectivity index (χ2n) is 10.7. The van der Waals surface area contributed by atoms with Crippen molar-refractivity contribution in [1.82, 2.24) is 15.5 Å². The van der Waals surface area contributed by atoms with Crippen molar-refractivity contribution in [1.29, 1.82) is 0 Å². The van der Waals surface area contributed by atoms with Gasteiger partial charge in [-0.25, -0.2) is 0 Å². The lowest BCUT2D eigenvalue weighted by Crippen LogP contribution is -2.44. The smallest absolute Gasteiger partial charge is 0.349 e. The van der Waals surface area contributed by atoms with Crippen molar-refractivity contribution in [2.75, 3.05) is 26.2 Å². The Morgan fingerprint density at radius 2 is 1.52 bits per heavy atom.